The Morgan fingerprint density at radius 2 is 2.11 bits per heavy atom. The van der Waals surface area contributed by atoms with Gasteiger partial charge in [-0.1, -0.05) is 26.6 Å². The van der Waals surface area contributed by atoms with Crippen LogP contribution in [0.3, 0.4) is 0 Å². The summed E-state index contributed by atoms with van der Waals surface area (Å²) >= 11 is 1.47. The molecule has 4 atom stereocenters. The van der Waals surface area contributed by atoms with E-state index in [-0.39, 0.29) is 18.4 Å². The molecule has 3 aromatic rings. The molecule has 2 heterocycles. The average molecular weight is 537 g/mol. The van der Waals surface area contributed by atoms with Gasteiger partial charge in [0.25, 0.3) is 5.91 Å². The number of aryl methyl sites for hydroxylation is 1. The van der Waals surface area contributed by atoms with Crippen molar-refractivity contribution >= 4 is 53.9 Å². The standard InChI is InChI=1S/C23H27FN3O4PS.CH3NO/c1-12-5-6-15(31-22(24)32)10-17(12)25-21(28)19-18(30-4)8-7-16-20(19)33-23(26-16)27-13(2)9-14(27)11-29-3;2-1-3/h5-8,10,13-14,22H,9,11,32H2,1-4H3,(H,25,28);1H,(H2,2,3). The number of methoxy groups -OCH3 is 2. The van der Waals surface area contributed by atoms with E-state index in [4.69, 9.17) is 24.0 Å². The average Bonchev–Trinajstić information content (AvgIpc) is 3.23. The van der Waals surface area contributed by atoms with Crippen molar-refractivity contribution in [2.45, 2.75) is 38.5 Å². The number of nitrogens with zero attached hydrogens (tertiary/aromatic N) is 2. The van der Waals surface area contributed by atoms with Crippen LogP contribution in [0.1, 0.15) is 29.3 Å². The first kappa shape index (κ1) is 27.6. The molecule has 1 aliphatic heterocycles. The maximum absolute atomic E-state index is 13.4. The Morgan fingerprint density at radius 1 is 1.39 bits per heavy atom. The maximum Gasteiger partial charge on any atom is 0.260 e. The highest BCUT2D eigenvalue weighted by molar-refractivity contribution is 7.22. The highest BCUT2D eigenvalue weighted by Crippen LogP contribution is 2.41. The van der Waals surface area contributed by atoms with Gasteiger partial charge < -0.3 is 30.2 Å². The van der Waals surface area contributed by atoms with E-state index in [0.29, 0.717) is 35.4 Å². The minimum absolute atomic E-state index is 0.250. The summed E-state index contributed by atoms with van der Waals surface area (Å²) in [6, 6.07) is 9.26. The predicted molar refractivity (Wildman–Crippen MR) is 143 cm³/mol. The second kappa shape index (κ2) is 12.3. The van der Waals surface area contributed by atoms with E-state index in [1.807, 2.05) is 22.2 Å². The van der Waals surface area contributed by atoms with Crippen LogP contribution in [0.15, 0.2) is 30.3 Å². The number of ether oxygens (including phenoxy) is 3. The second-order valence-corrected chi connectivity index (χ2v) is 9.63. The zero-order chi connectivity index (χ0) is 26.4. The number of thiazole rings is 1. The smallest absolute Gasteiger partial charge is 0.260 e. The number of carbonyl (C=O) groups excluding carboxylic acids is 2. The van der Waals surface area contributed by atoms with Crippen LogP contribution in [0.5, 0.6) is 11.5 Å². The van der Waals surface area contributed by atoms with Crippen LogP contribution >= 0.6 is 20.6 Å². The molecule has 0 bridgehead atoms. The Balaban J connectivity index is 0.00000115. The van der Waals surface area contributed by atoms with Crippen molar-refractivity contribution in [3.63, 3.8) is 0 Å². The maximum atomic E-state index is 13.4. The number of fused-ring (bicyclic) bond motifs is 1. The zero-order valence-electron chi connectivity index (χ0n) is 20.5. The molecule has 1 saturated heterocycles. The number of aromatic nitrogens is 1. The molecule has 3 N–H and O–H groups in total. The van der Waals surface area contributed by atoms with E-state index in [0.717, 1.165) is 27.3 Å². The lowest BCUT2D eigenvalue weighted by Gasteiger charge is -2.46. The van der Waals surface area contributed by atoms with E-state index in [1.54, 1.807) is 31.4 Å². The lowest BCUT2D eigenvalue weighted by atomic mass is 9.96. The van der Waals surface area contributed by atoms with E-state index < -0.39 is 6.10 Å². The molecule has 12 heteroatoms. The van der Waals surface area contributed by atoms with Gasteiger partial charge in [-0.3, -0.25) is 9.59 Å². The lowest BCUT2D eigenvalue weighted by molar-refractivity contribution is -0.106. The number of hydrogen-bond acceptors (Lipinski definition) is 8. The van der Waals surface area contributed by atoms with Crippen LogP contribution in [-0.4, -0.2) is 56.3 Å². The zero-order valence-corrected chi connectivity index (χ0v) is 22.5. The molecule has 2 aromatic carbocycles. The Labute approximate surface area is 215 Å². The summed E-state index contributed by atoms with van der Waals surface area (Å²) in [6.07, 6.45) is -0.250. The molecule has 0 spiro atoms. The molecule has 4 unspecified atom stereocenters. The quantitative estimate of drug-likeness (QED) is 0.329. The number of amides is 2. The molecule has 2 amide bonds. The third kappa shape index (κ3) is 6.03. The first-order valence-corrected chi connectivity index (χ1v) is 12.6. The highest BCUT2D eigenvalue weighted by Gasteiger charge is 2.37. The number of carbonyl (C=O) groups is 2. The molecule has 1 aliphatic rings. The van der Waals surface area contributed by atoms with Gasteiger partial charge in [-0.15, -0.1) is 0 Å². The van der Waals surface area contributed by atoms with Crippen LogP contribution in [0, 0.1) is 6.92 Å². The van der Waals surface area contributed by atoms with Crippen LogP contribution in [-0.2, 0) is 9.53 Å². The number of nitrogens with one attached hydrogen (secondary N) is 1. The van der Waals surface area contributed by atoms with E-state index in [1.165, 1.54) is 18.4 Å². The van der Waals surface area contributed by atoms with Crippen LogP contribution in [0.25, 0.3) is 10.2 Å². The van der Waals surface area contributed by atoms with E-state index >= 15 is 0 Å². The summed E-state index contributed by atoms with van der Waals surface area (Å²) in [5, 5.41) is 3.78. The molecule has 194 valence electrons. The van der Waals surface area contributed by atoms with Crippen molar-refractivity contribution in [1.82, 2.24) is 4.98 Å². The minimum Gasteiger partial charge on any atom is -0.496 e. The van der Waals surface area contributed by atoms with Gasteiger partial charge in [0, 0.05) is 24.9 Å². The normalized spacial score (nSPS) is 17.4. The third-order valence-corrected chi connectivity index (χ3v) is 6.96. The van der Waals surface area contributed by atoms with E-state index in [9.17, 15) is 9.18 Å². The number of hydrogen-bond donors (Lipinski definition) is 2. The van der Waals surface area contributed by atoms with Gasteiger partial charge in [0.05, 0.1) is 30.0 Å². The number of primary amides is 1. The molecule has 4 rings (SSSR count). The summed E-state index contributed by atoms with van der Waals surface area (Å²) in [6.45, 7) is 4.64. The minimum atomic E-state index is -1.54. The Bertz CT molecular complexity index is 1220. The van der Waals surface area contributed by atoms with Gasteiger partial charge in [0.2, 0.25) is 12.5 Å². The molecule has 36 heavy (non-hydrogen) atoms. The lowest BCUT2D eigenvalue weighted by Crippen LogP contribution is -2.56. The molecule has 0 saturated carbocycles. The number of rotatable bonds is 8. The van der Waals surface area contributed by atoms with Gasteiger partial charge in [-0.2, -0.15) is 4.39 Å². The molecule has 0 radical (unpaired) electrons. The number of halogens is 1. The molecule has 1 fully saturated rings. The number of nitrogens with two attached hydrogens (primary N) is 1. The molecule has 0 aliphatic carbocycles. The van der Waals surface area contributed by atoms with Gasteiger partial charge in [0.15, 0.2) is 5.13 Å². The largest absolute Gasteiger partial charge is 0.496 e. The monoisotopic (exact) mass is 536 g/mol. The summed E-state index contributed by atoms with van der Waals surface area (Å²) in [4.78, 5) is 29.0. The number of anilines is 2. The SMILES string of the molecule is COCC1CC(C)N1c1nc2ccc(OC)c(C(=O)Nc3cc(OC(F)P)ccc3C)c2s1.NC=O. The van der Waals surface area contributed by atoms with Gasteiger partial charge >= 0.3 is 0 Å². The predicted octanol–water partition coefficient (Wildman–Crippen LogP) is 4.09. The van der Waals surface area contributed by atoms with Crippen molar-refractivity contribution < 1.29 is 28.2 Å². The number of benzene rings is 2. The topological polar surface area (TPSA) is 116 Å². The van der Waals surface area contributed by atoms with Crippen molar-refractivity contribution in [3.8, 4) is 11.5 Å². The first-order chi connectivity index (χ1) is 17.2. The summed E-state index contributed by atoms with van der Waals surface area (Å²) in [5.41, 5.74) is 6.66. The highest BCUT2D eigenvalue weighted by atomic mass is 32.1. The van der Waals surface area contributed by atoms with Crippen LogP contribution < -0.4 is 25.4 Å². The van der Waals surface area contributed by atoms with Crippen LogP contribution in [0.2, 0.25) is 0 Å². The fourth-order valence-corrected chi connectivity index (χ4v) is 5.54. The first-order valence-electron chi connectivity index (χ1n) is 11.1. The van der Waals surface area contributed by atoms with Crippen molar-refractivity contribution in [2.24, 2.45) is 5.73 Å². The van der Waals surface area contributed by atoms with Crippen molar-refractivity contribution in [2.75, 3.05) is 31.0 Å². The number of alkyl halides is 1. The third-order valence-electron chi connectivity index (χ3n) is 5.72. The van der Waals surface area contributed by atoms with Gasteiger partial charge in [-0.05, 0) is 44.0 Å². The van der Waals surface area contributed by atoms with Crippen LogP contribution in [0.4, 0.5) is 15.2 Å². The molecule has 1 aromatic heterocycles. The Hall–Kier alpha value is -3.01. The Kier molecular flexibility index (Phi) is 9.42. The fraction of sp³-hybridized carbons (Fsp3) is 0.375. The molecular formula is C24H30FN4O5PS. The molecule has 9 nitrogen and oxygen atoms in total. The summed E-state index contributed by atoms with van der Waals surface area (Å²) in [7, 11) is 5.17. The summed E-state index contributed by atoms with van der Waals surface area (Å²) < 4.78 is 30.0. The fourth-order valence-electron chi connectivity index (χ4n) is 4.11. The molecular weight excluding hydrogens is 506 g/mol. The second-order valence-electron chi connectivity index (χ2n) is 8.12. The van der Waals surface area contributed by atoms with Gasteiger partial charge in [0.1, 0.15) is 17.1 Å². The van der Waals surface area contributed by atoms with Gasteiger partial charge in [-0.25, -0.2) is 4.98 Å². The van der Waals surface area contributed by atoms with Crippen molar-refractivity contribution in [1.29, 1.82) is 0 Å². The van der Waals surface area contributed by atoms with Crippen molar-refractivity contribution in [3.05, 3.63) is 41.5 Å². The van der Waals surface area contributed by atoms with E-state index in [2.05, 4.69) is 22.9 Å². The Morgan fingerprint density at radius 3 is 2.72 bits per heavy atom. The summed E-state index contributed by atoms with van der Waals surface area (Å²) in [5.74, 6) is 0.444.